The topological polar surface area (TPSA) is 62.3 Å². The van der Waals surface area contributed by atoms with Gasteiger partial charge in [0.25, 0.3) is 0 Å². The van der Waals surface area contributed by atoms with E-state index in [0.717, 1.165) is 0 Å². The number of nitrogens with zero attached hydrogens (tertiary/aromatic N) is 3. The van der Waals surface area contributed by atoms with Crippen molar-refractivity contribution in [2.24, 2.45) is 0 Å². The molecule has 0 radical (unpaired) electrons. The number of hydrogen-bond acceptors (Lipinski definition) is 5. The quantitative estimate of drug-likeness (QED) is 0.745. The van der Waals surface area contributed by atoms with Gasteiger partial charge in [-0.25, -0.2) is 4.79 Å². The fraction of sp³-hybridized carbons (Fsp3) is 0.895. The Labute approximate surface area is 158 Å². The fourth-order valence-corrected chi connectivity index (χ4v) is 3.09. The molecular formula is C19H37N3O4. The first kappa shape index (κ1) is 22.7. The average molecular weight is 372 g/mol. The lowest BCUT2D eigenvalue weighted by molar-refractivity contribution is -0.144. The van der Waals surface area contributed by atoms with Crippen molar-refractivity contribution in [2.75, 3.05) is 45.8 Å². The second-order valence-electron chi connectivity index (χ2n) is 7.80. The van der Waals surface area contributed by atoms with Crippen LogP contribution in [0.2, 0.25) is 0 Å². The normalized spacial score (nSPS) is 24.6. The van der Waals surface area contributed by atoms with E-state index in [2.05, 4.69) is 4.90 Å². The lowest BCUT2D eigenvalue weighted by Gasteiger charge is -2.38. The monoisotopic (exact) mass is 371 g/mol. The van der Waals surface area contributed by atoms with Crippen LogP contribution in [0.4, 0.5) is 4.79 Å². The van der Waals surface area contributed by atoms with Gasteiger partial charge in [-0.05, 0) is 34.6 Å². The van der Waals surface area contributed by atoms with Gasteiger partial charge < -0.3 is 19.3 Å². The lowest BCUT2D eigenvalue weighted by Crippen LogP contribution is -2.54. The van der Waals surface area contributed by atoms with Gasteiger partial charge >= 0.3 is 6.09 Å². The molecule has 2 rings (SSSR count). The van der Waals surface area contributed by atoms with Crippen LogP contribution >= 0.6 is 0 Å². The summed E-state index contributed by atoms with van der Waals surface area (Å²) in [5.74, 6) is 0.141. The summed E-state index contributed by atoms with van der Waals surface area (Å²) in [5.41, 5.74) is -0.478. The molecule has 2 aliphatic rings. The Bertz CT molecular complexity index is 446. The number of piperazine rings is 1. The third-order valence-electron chi connectivity index (χ3n) is 4.16. The first-order valence-corrected chi connectivity index (χ1v) is 9.77. The Hall–Kier alpha value is -1.34. The van der Waals surface area contributed by atoms with Gasteiger partial charge in [0.2, 0.25) is 5.91 Å². The van der Waals surface area contributed by atoms with Gasteiger partial charge in [-0.1, -0.05) is 13.8 Å². The maximum atomic E-state index is 12.5. The second kappa shape index (κ2) is 10.1. The molecule has 2 heterocycles. The summed E-state index contributed by atoms with van der Waals surface area (Å²) >= 11 is 0. The summed E-state index contributed by atoms with van der Waals surface area (Å²) in [4.78, 5) is 30.2. The summed E-state index contributed by atoms with van der Waals surface area (Å²) in [6, 6.07) is 0. The van der Waals surface area contributed by atoms with Crippen molar-refractivity contribution in [3.05, 3.63) is 0 Å². The van der Waals surface area contributed by atoms with E-state index in [1.807, 2.05) is 53.4 Å². The van der Waals surface area contributed by atoms with Crippen molar-refractivity contribution >= 4 is 12.0 Å². The summed E-state index contributed by atoms with van der Waals surface area (Å²) in [6.45, 7) is 17.9. The molecule has 0 aromatic carbocycles. The zero-order chi connectivity index (χ0) is 19.9. The highest BCUT2D eigenvalue weighted by atomic mass is 16.6. The van der Waals surface area contributed by atoms with Crippen LogP contribution in [0.3, 0.4) is 0 Å². The number of ether oxygens (including phenoxy) is 2. The molecule has 26 heavy (non-hydrogen) atoms. The molecule has 2 atom stereocenters. The first-order valence-electron chi connectivity index (χ1n) is 9.77. The van der Waals surface area contributed by atoms with E-state index < -0.39 is 5.60 Å². The van der Waals surface area contributed by atoms with E-state index in [9.17, 15) is 9.59 Å². The molecule has 0 aliphatic carbocycles. The minimum absolute atomic E-state index is 0.0849. The van der Waals surface area contributed by atoms with Crippen molar-refractivity contribution < 1.29 is 19.1 Å². The molecule has 2 amide bonds. The summed E-state index contributed by atoms with van der Waals surface area (Å²) in [7, 11) is 0. The molecule has 2 saturated heterocycles. The molecule has 2 aliphatic heterocycles. The van der Waals surface area contributed by atoms with Gasteiger partial charge in [0, 0.05) is 39.3 Å². The van der Waals surface area contributed by atoms with E-state index in [1.165, 1.54) is 0 Å². The van der Waals surface area contributed by atoms with E-state index in [-0.39, 0.29) is 24.2 Å². The molecule has 0 aromatic rings. The number of hydrogen-bond donors (Lipinski definition) is 0. The molecular weight excluding hydrogens is 334 g/mol. The van der Waals surface area contributed by atoms with Gasteiger partial charge in [-0.15, -0.1) is 0 Å². The van der Waals surface area contributed by atoms with Crippen molar-refractivity contribution in [1.29, 1.82) is 0 Å². The highest BCUT2D eigenvalue weighted by Gasteiger charge is 2.29. The Morgan fingerprint density at radius 1 is 0.962 bits per heavy atom. The molecule has 152 valence electrons. The molecule has 2 unspecified atom stereocenters. The predicted molar refractivity (Wildman–Crippen MR) is 102 cm³/mol. The van der Waals surface area contributed by atoms with Crippen LogP contribution in [0.5, 0.6) is 0 Å². The molecule has 0 saturated carbocycles. The van der Waals surface area contributed by atoms with E-state index in [4.69, 9.17) is 9.47 Å². The Morgan fingerprint density at radius 3 is 1.92 bits per heavy atom. The van der Waals surface area contributed by atoms with Crippen molar-refractivity contribution in [3.8, 4) is 0 Å². The zero-order valence-electron chi connectivity index (χ0n) is 17.6. The number of carbonyl (C=O) groups is 2. The Kier molecular flexibility index (Phi) is 8.83. The Morgan fingerprint density at radius 2 is 1.46 bits per heavy atom. The molecule has 0 N–H and O–H groups in total. The van der Waals surface area contributed by atoms with Crippen LogP contribution in [-0.4, -0.2) is 90.3 Å². The van der Waals surface area contributed by atoms with E-state index in [1.54, 1.807) is 4.90 Å². The number of morpholine rings is 1. The van der Waals surface area contributed by atoms with Crippen LogP contribution in [0, 0.1) is 0 Å². The highest BCUT2D eigenvalue weighted by Crippen LogP contribution is 2.13. The van der Waals surface area contributed by atoms with Gasteiger partial charge in [-0.3, -0.25) is 9.69 Å². The van der Waals surface area contributed by atoms with Crippen LogP contribution in [0.1, 0.15) is 48.5 Å². The lowest BCUT2D eigenvalue weighted by atomic mass is 10.2. The minimum atomic E-state index is -0.478. The van der Waals surface area contributed by atoms with Gasteiger partial charge in [0.15, 0.2) is 0 Å². The SMILES string of the molecule is CC.CC1CN(C(=O)CN2CCN(C(=O)OC(C)(C)C)CC2)CC(C)O1. The summed E-state index contributed by atoms with van der Waals surface area (Å²) in [5, 5.41) is 0. The summed E-state index contributed by atoms with van der Waals surface area (Å²) < 4.78 is 11.1. The molecule has 0 spiro atoms. The average Bonchev–Trinajstić information content (AvgIpc) is 2.55. The standard InChI is InChI=1S/C17H31N3O4.C2H6/c1-13-10-20(11-14(2)23-13)15(21)12-18-6-8-19(9-7-18)16(22)24-17(3,4)5;1-2/h13-14H,6-12H2,1-5H3;1-2H3. The minimum Gasteiger partial charge on any atom is -0.444 e. The van der Waals surface area contributed by atoms with Crippen LogP contribution < -0.4 is 0 Å². The predicted octanol–water partition coefficient (Wildman–Crippen LogP) is 2.20. The fourth-order valence-electron chi connectivity index (χ4n) is 3.09. The molecule has 2 fully saturated rings. The van der Waals surface area contributed by atoms with E-state index in [0.29, 0.717) is 45.8 Å². The van der Waals surface area contributed by atoms with Gasteiger partial charge in [0.05, 0.1) is 18.8 Å². The Balaban J connectivity index is 0.00000163. The number of amides is 2. The van der Waals surface area contributed by atoms with Crippen LogP contribution in [-0.2, 0) is 14.3 Å². The summed E-state index contributed by atoms with van der Waals surface area (Å²) in [6.07, 6.45) is -0.104. The van der Waals surface area contributed by atoms with Crippen LogP contribution in [0.25, 0.3) is 0 Å². The molecule has 0 aromatic heterocycles. The third-order valence-corrected chi connectivity index (χ3v) is 4.16. The van der Waals surface area contributed by atoms with E-state index >= 15 is 0 Å². The first-order chi connectivity index (χ1) is 12.1. The number of carbonyl (C=O) groups excluding carboxylic acids is 2. The van der Waals surface area contributed by atoms with Crippen molar-refractivity contribution in [3.63, 3.8) is 0 Å². The van der Waals surface area contributed by atoms with Crippen LogP contribution in [0.15, 0.2) is 0 Å². The van der Waals surface area contributed by atoms with Gasteiger partial charge in [-0.2, -0.15) is 0 Å². The largest absolute Gasteiger partial charge is 0.444 e. The molecule has 7 heteroatoms. The smallest absolute Gasteiger partial charge is 0.410 e. The number of rotatable bonds is 2. The maximum absolute atomic E-state index is 12.5. The van der Waals surface area contributed by atoms with Crippen molar-refractivity contribution in [2.45, 2.75) is 66.3 Å². The van der Waals surface area contributed by atoms with Gasteiger partial charge in [0.1, 0.15) is 5.60 Å². The molecule has 7 nitrogen and oxygen atoms in total. The third kappa shape index (κ3) is 7.50. The van der Waals surface area contributed by atoms with Crippen molar-refractivity contribution in [1.82, 2.24) is 14.7 Å². The maximum Gasteiger partial charge on any atom is 0.410 e. The zero-order valence-corrected chi connectivity index (χ0v) is 17.6. The molecule has 0 bridgehead atoms. The highest BCUT2D eigenvalue weighted by molar-refractivity contribution is 5.78. The second-order valence-corrected chi connectivity index (χ2v) is 7.80.